The first-order valence-electron chi connectivity index (χ1n) is 11.2. The van der Waals surface area contributed by atoms with Crippen molar-refractivity contribution in [3.8, 4) is 0 Å². The molecule has 1 aliphatic carbocycles. The van der Waals surface area contributed by atoms with Crippen LogP contribution in [0.1, 0.15) is 61.3 Å². The standard InChI is InChI=1S/C24H29N3O3/c1-26-20-12-6-5-11-18(20)21-19(23(28)25-14-17-10-7-13-30-17)15-27(24(29)22(21)26)16-8-3-2-4-9-16/h5-6,11-12,15-17H,2-4,7-10,13-14H2,1H3,(H,25,28). The van der Waals surface area contributed by atoms with E-state index in [1.54, 1.807) is 0 Å². The molecule has 0 spiro atoms. The number of hydrogen-bond acceptors (Lipinski definition) is 3. The lowest BCUT2D eigenvalue weighted by Crippen LogP contribution is -2.34. The SMILES string of the molecule is Cn1c2ccccc2c2c(C(=O)NCC3CCCO3)cn(C3CCCCC3)c(=O)c21. The molecular weight excluding hydrogens is 378 g/mol. The smallest absolute Gasteiger partial charge is 0.275 e. The van der Waals surface area contributed by atoms with Crippen LogP contribution in [0.4, 0.5) is 0 Å². The van der Waals surface area contributed by atoms with Gasteiger partial charge in [-0.05, 0) is 31.7 Å². The molecule has 1 atom stereocenters. The third kappa shape index (κ3) is 3.23. The fraction of sp³-hybridized carbons (Fsp3) is 0.500. The van der Waals surface area contributed by atoms with Crippen LogP contribution in [-0.4, -0.2) is 34.3 Å². The number of rotatable bonds is 4. The maximum atomic E-state index is 13.6. The number of nitrogens with one attached hydrogen (secondary N) is 1. The molecule has 1 saturated heterocycles. The highest BCUT2D eigenvalue weighted by Crippen LogP contribution is 2.32. The van der Waals surface area contributed by atoms with E-state index in [9.17, 15) is 9.59 Å². The number of carbonyl (C=O) groups excluding carboxylic acids is 1. The van der Waals surface area contributed by atoms with Crippen molar-refractivity contribution in [2.24, 2.45) is 7.05 Å². The van der Waals surface area contributed by atoms with Gasteiger partial charge in [0.15, 0.2) is 0 Å². The van der Waals surface area contributed by atoms with Gasteiger partial charge in [0, 0.05) is 48.7 Å². The highest BCUT2D eigenvalue weighted by Gasteiger charge is 2.25. The lowest BCUT2D eigenvalue weighted by Gasteiger charge is -2.25. The van der Waals surface area contributed by atoms with Crippen molar-refractivity contribution in [1.29, 1.82) is 0 Å². The fourth-order valence-corrected chi connectivity index (χ4v) is 5.21. The second kappa shape index (κ2) is 7.91. The predicted molar refractivity (Wildman–Crippen MR) is 118 cm³/mol. The molecule has 1 aliphatic heterocycles. The average molecular weight is 408 g/mol. The van der Waals surface area contributed by atoms with Crippen molar-refractivity contribution in [2.45, 2.75) is 57.1 Å². The summed E-state index contributed by atoms with van der Waals surface area (Å²) in [5, 5.41) is 4.78. The predicted octanol–water partition coefficient (Wildman–Crippen LogP) is 3.91. The van der Waals surface area contributed by atoms with E-state index in [4.69, 9.17) is 4.74 Å². The fourth-order valence-electron chi connectivity index (χ4n) is 5.21. The Labute approximate surface area is 175 Å². The van der Waals surface area contributed by atoms with E-state index in [1.165, 1.54) is 6.42 Å². The summed E-state index contributed by atoms with van der Waals surface area (Å²) in [6.45, 7) is 1.27. The first-order chi connectivity index (χ1) is 14.6. The van der Waals surface area contributed by atoms with Crippen molar-refractivity contribution in [2.75, 3.05) is 13.2 Å². The van der Waals surface area contributed by atoms with Crippen LogP contribution in [0.25, 0.3) is 21.8 Å². The van der Waals surface area contributed by atoms with Crippen molar-refractivity contribution in [1.82, 2.24) is 14.5 Å². The minimum absolute atomic E-state index is 0.00581. The molecule has 2 aliphatic rings. The molecule has 1 N–H and O–H groups in total. The van der Waals surface area contributed by atoms with E-state index in [0.717, 1.165) is 61.4 Å². The molecule has 6 heteroatoms. The Bertz CT molecular complexity index is 1150. The Hall–Kier alpha value is -2.60. The summed E-state index contributed by atoms with van der Waals surface area (Å²) in [5.74, 6) is -0.128. The van der Waals surface area contributed by atoms with Gasteiger partial charge in [-0.25, -0.2) is 0 Å². The van der Waals surface area contributed by atoms with Crippen molar-refractivity contribution in [3.05, 3.63) is 46.4 Å². The summed E-state index contributed by atoms with van der Waals surface area (Å²) in [6.07, 6.45) is 9.38. The number of ether oxygens (including phenoxy) is 1. The van der Waals surface area contributed by atoms with Gasteiger partial charge < -0.3 is 19.2 Å². The molecule has 30 heavy (non-hydrogen) atoms. The number of aryl methyl sites for hydroxylation is 1. The van der Waals surface area contributed by atoms with Crippen LogP contribution in [-0.2, 0) is 11.8 Å². The van der Waals surface area contributed by atoms with Gasteiger partial charge in [-0.1, -0.05) is 37.5 Å². The Balaban J connectivity index is 1.66. The maximum absolute atomic E-state index is 13.6. The second-order valence-corrected chi connectivity index (χ2v) is 8.69. The van der Waals surface area contributed by atoms with Gasteiger partial charge in [0.05, 0.1) is 11.7 Å². The highest BCUT2D eigenvalue weighted by atomic mass is 16.5. The Morgan fingerprint density at radius 2 is 1.93 bits per heavy atom. The van der Waals surface area contributed by atoms with E-state index in [2.05, 4.69) is 5.32 Å². The van der Waals surface area contributed by atoms with Crippen LogP contribution in [0, 0.1) is 0 Å². The van der Waals surface area contributed by atoms with Crippen LogP contribution in [0.5, 0.6) is 0 Å². The first kappa shape index (κ1) is 19.4. The van der Waals surface area contributed by atoms with Gasteiger partial charge in [0.2, 0.25) is 0 Å². The third-order valence-electron chi connectivity index (χ3n) is 6.81. The van der Waals surface area contributed by atoms with Gasteiger partial charge >= 0.3 is 0 Å². The van der Waals surface area contributed by atoms with Gasteiger partial charge in [0.25, 0.3) is 11.5 Å². The molecule has 0 radical (unpaired) electrons. The molecule has 158 valence electrons. The number of pyridine rings is 1. The molecule has 1 saturated carbocycles. The lowest BCUT2D eigenvalue weighted by atomic mass is 9.95. The summed E-state index contributed by atoms with van der Waals surface area (Å²) >= 11 is 0. The van der Waals surface area contributed by atoms with Gasteiger partial charge in [-0.2, -0.15) is 0 Å². The molecule has 6 nitrogen and oxygen atoms in total. The molecule has 1 unspecified atom stereocenters. The summed E-state index contributed by atoms with van der Waals surface area (Å²) in [5.41, 5.74) is 2.18. The minimum Gasteiger partial charge on any atom is -0.376 e. The summed E-state index contributed by atoms with van der Waals surface area (Å²) in [7, 11) is 1.92. The molecule has 1 amide bonds. The third-order valence-corrected chi connectivity index (χ3v) is 6.81. The Morgan fingerprint density at radius 1 is 1.13 bits per heavy atom. The number of hydrogen-bond donors (Lipinski definition) is 1. The molecule has 0 bridgehead atoms. The van der Waals surface area contributed by atoms with Crippen LogP contribution in [0.15, 0.2) is 35.3 Å². The molecule has 2 fully saturated rings. The van der Waals surface area contributed by atoms with Crippen LogP contribution in [0.3, 0.4) is 0 Å². The summed E-state index contributed by atoms with van der Waals surface area (Å²) in [4.78, 5) is 26.9. The Morgan fingerprint density at radius 3 is 2.70 bits per heavy atom. The van der Waals surface area contributed by atoms with Crippen molar-refractivity contribution in [3.63, 3.8) is 0 Å². The number of nitrogens with zero attached hydrogens (tertiary/aromatic N) is 2. The highest BCUT2D eigenvalue weighted by molar-refractivity contribution is 6.17. The number of benzene rings is 1. The summed E-state index contributed by atoms with van der Waals surface area (Å²) < 4.78 is 9.45. The molecule has 1 aromatic carbocycles. The monoisotopic (exact) mass is 407 g/mol. The number of para-hydroxylation sites is 1. The van der Waals surface area contributed by atoms with Gasteiger partial charge in [-0.3, -0.25) is 9.59 Å². The van der Waals surface area contributed by atoms with Crippen LogP contribution < -0.4 is 10.9 Å². The van der Waals surface area contributed by atoms with E-state index in [-0.39, 0.29) is 23.6 Å². The zero-order valence-electron chi connectivity index (χ0n) is 17.5. The van der Waals surface area contributed by atoms with Gasteiger partial charge in [-0.15, -0.1) is 0 Å². The van der Waals surface area contributed by atoms with E-state index < -0.39 is 0 Å². The molecule has 5 rings (SSSR count). The number of amides is 1. The molecule has 3 heterocycles. The zero-order valence-corrected chi connectivity index (χ0v) is 17.5. The summed E-state index contributed by atoms with van der Waals surface area (Å²) in [6, 6.07) is 8.10. The number of carbonyl (C=O) groups is 1. The minimum atomic E-state index is -0.128. The molecule has 2 aromatic heterocycles. The van der Waals surface area contributed by atoms with Crippen LogP contribution in [0.2, 0.25) is 0 Å². The largest absolute Gasteiger partial charge is 0.376 e. The van der Waals surface area contributed by atoms with Crippen LogP contribution >= 0.6 is 0 Å². The van der Waals surface area contributed by atoms with Gasteiger partial charge in [0.1, 0.15) is 5.52 Å². The zero-order chi connectivity index (χ0) is 20.7. The van der Waals surface area contributed by atoms with E-state index in [1.807, 2.05) is 46.6 Å². The Kier molecular flexibility index (Phi) is 5.11. The molecule has 3 aromatic rings. The average Bonchev–Trinajstić information content (AvgIpc) is 3.40. The van der Waals surface area contributed by atoms with Crippen molar-refractivity contribution >= 4 is 27.7 Å². The van der Waals surface area contributed by atoms with E-state index in [0.29, 0.717) is 17.6 Å². The van der Waals surface area contributed by atoms with E-state index >= 15 is 0 Å². The lowest BCUT2D eigenvalue weighted by molar-refractivity contribution is 0.0858. The van der Waals surface area contributed by atoms with Crippen molar-refractivity contribution < 1.29 is 9.53 Å². The first-order valence-corrected chi connectivity index (χ1v) is 11.2. The molecular formula is C24H29N3O3. The normalized spacial score (nSPS) is 20.2. The second-order valence-electron chi connectivity index (χ2n) is 8.69. The topological polar surface area (TPSA) is 65.3 Å². The maximum Gasteiger partial charge on any atom is 0.275 e. The number of aromatic nitrogens is 2. The number of fused-ring (bicyclic) bond motifs is 3. The quantitative estimate of drug-likeness (QED) is 0.713.